The van der Waals surface area contributed by atoms with Gasteiger partial charge in [0, 0.05) is 6.20 Å². The third kappa shape index (κ3) is 2.37. The van der Waals surface area contributed by atoms with Gasteiger partial charge in [-0.05, 0) is 42.5 Å². The normalized spacial score (nSPS) is 17.3. The molecule has 3 N–H and O–H groups in total. The summed E-state index contributed by atoms with van der Waals surface area (Å²) in [5, 5.41) is 3.07. The zero-order valence-corrected chi connectivity index (χ0v) is 11.2. The quantitative estimate of drug-likeness (QED) is 0.878. The molecule has 20 heavy (non-hydrogen) atoms. The Morgan fingerprint density at radius 3 is 2.95 bits per heavy atom. The minimum atomic E-state index is -0.155. The summed E-state index contributed by atoms with van der Waals surface area (Å²) in [6, 6.07) is 11.8. The van der Waals surface area contributed by atoms with Crippen molar-refractivity contribution in [1.29, 1.82) is 0 Å². The Hall–Kier alpha value is -2.36. The SMILES string of the molecule is Nc1ncccc1C(=O)NC1CCCc2ccccc21. The van der Waals surface area contributed by atoms with E-state index in [-0.39, 0.29) is 17.8 Å². The molecule has 0 saturated heterocycles. The maximum atomic E-state index is 12.3. The first-order chi connectivity index (χ1) is 9.75. The number of pyridine rings is 1. The highest BCUT2D eigenvalue weighted by Crippen LogP contribution is 2.29. The fourth-order valence-corrected chi connectivity index (χ4v) is 2.75. The number of rotatable bonds is 2. The van der Waals surface area contributed by atoms with Crippen LogP contribution in [0.3, 0.4) is 0 Å². The van der Waals surface area contributed by atoms with E-state index in [2.05, 4.69) is 22.4 Å². The van der Waals surface area contributed by atoms with Gasteiger partial charge in [-0.25, -0.2) is 4.98 Å². The number of fused-ring (bicyclic) bond motifs is 1. The second kappa shape index (κ2) is 5.33. The number of nitrogens with zero attached hydrogens (tertiary/aromatic N) is 1. The van der Waals surface area contributed by atoms with Gasteiger partial charge in [-0.3, -0.25) is 4.79 Å². The Labute approximate surface area is 118 Å². The Bertz CT molecular complexity index is 639. The summed E-state index contributed by atoms with van der Waals surface area (Å²) in [6.45, 7) is 0. The number of nitrogen functional groups attached to an aromatic ring is 1. The number of aromatic nitrogens is 1. The molecule has 0 bridgehead atoms. The molecular weight excluding hydrogens is 250 g/mol. The topological polar surface area (TPSA) is 68.0 Å². The fourth-order valence-electron chi connectivity index (χ4n) is 2.75. The summed E-state index contributed by atoms with van der Waals surface area (Å²) < 4.78 is 0. The number of carbonyl (C=O) groups excluding carboxylic acids is 1. The van der Waals surface area contributed by atoms with E-state index in [1.807, 2.05) is 12.1 Å². The van der Waals surface area contributed by atoms with Crippen molar-refractivity contribution in [3.63, 3.8) is 0 Å². The predicted octanol–water partition coefficient (Wildman–Crippen LogP) is 2.47. The minimum Gasteiger partial charge on any atom is -0.383 e. The van der Waals surface area contributed by atoms with E-state index in [4.69, 9.17) is 5.73 Å². The van der Waals surface area contributed by atoms with Crippen LogP contribution in [0.4, 0.5) is 5.82 Å². The number of anilines is 1. The first kappa shape index (κ1) is 12.7. The van der Waals surface area contributed by atoms with E-state index in [9.17, 15) is 4.79 Å². The van der Waals surface area contributed by atoms with Crippen LogP contribution < -0.4 is 11.1 Å². The zero-order valence-electron chi connectivity index (χ0n) is 11.2. The van der Waals surface area contributed by atoms with Gasteiger partial charge in [-0.15, -0.1) is 0 Å². The Morgan fingerprint density at radius 1 is 1.25 bits per heavy atom. The number of hydrogen-bond donors (Lipinski definition) is 2. The van der Waals surface area contributed by atoms with E-state index in [1.165, 1.54) is 11.1 Å². The van der Waals surface area contributed by atoms with Gasteiger partial charge in [0.05, 0.1) is 11.6 Å². The Balaban J connectivity index is 1.83. The van der Waals surface area contributed by atoms with Crippen LogP contribution in [-0.4, -0.2) is 10.9 Å². The average molecular weight is 267 g/mol. The van der Waals surface area contributed by atoms with Crippen molar-refractivity contribution >= 4 is 11.7 Å². The summed E-state index contributed by atoms with van der Waals surface area (Å²) in [5.41, 5.74) is 8.73. The van der Waals surface area contributed by atoms with Gasteiger partial charge in [0.1, 0.15) is 5.82 Å². The lowest BCUT2D eigenvalue weighted by molar-refractivity contribution is 0.0933. The molecule has 3 rings (SSSR count). The summed E-state index contributed by atoms with van der Waals surface area (Å²) in [7, 11) is 0. The molecule has 1 aliphatic carbocycles. The maximum absolute atomic E-state index is 12.3. The maximum Gasteiger partial charge on any atom is 0.255 e. The number of nitrogens with one attached hydrogen (secondary N) is 1. The third-order valence-corrected chi connectivity index (χ3v) is 3.76. The number of benzene rings is 1. The van der Waals surface area contributed by atoms with Crippen LogP contribution in [-0.2, 0) is 6.42 Å². The van der Waals surface area contributed by atoms with Crippen LogP contribution in [0.15, 0.2) is 42.6 Å². The molecule has 1 aliphatic rings. The Morgan fingerprint density at radius 2 is 2.10 bits per heavy atom. The molecule has 1 aromatic heterocycles. The molecule has 1 atom stereocenters. The van der Waals surface area contributed by atoms with Gasteiger partial charge < -0.3 is 11.1 Å². The summed E-state index contributed by atoms with van der Waals surface area (Å²) in [5.74, 6) is 0.117. The molecular formula is C16H17N3O. The molecule has 102 valence electrons. The molecule has 1 unspecified atom stereocenters. The van der Waals surface area contributed by atoms with Crippen molar-refractivity contribution in [3.05, 3.63) is 59.3 Å². The highest BCUT2D eigenvalue weighted by Gasteiger charge is 2.22. The average Bonchev–Trinajstić information content (AvgIpc) is 2.48. The minimum absolute atomic E-state index is 0.0621. The number of aryl methyl sites for hydroxylation is 1. The van der Waals surface area contributed by atoms with Crippen LogP contribution in [0.1, 0.15) is 40.4 Å². The van der Waals surface area contributed by atoms with Gasteiger partial charge in [-0.1, -0.05) is 24.3 Å². The van der Waals surface area contributed by atoms with Gasteiger partial charge in [0.2, 0.25) is 0 Å². The van der Waals surface area contributed by atoms with Crippen molar-refractivity contribution in [2.24, 2.45) is 0 Å². The summed E-state index contributed by atoms with van der Waals surface area (Å²) >= 11 is 0. The van der Waals surface area contributed by atoms with Crippen molar-refractivity contribution in [3.8, 4) is 0 Å². The van der Waals surface area contributed by atoms with Crippen molar-refractivity contribution < 1.29 is 4.79 Å². The largest absolute Gasteiger partial charge is 0.383 e. The summed E-state index contributed by atoms with van der Waals surface area (Å²) in [6.07, 6.45) is 4.72. The lowest BCUT2D eigenvalue weighted by Gasteiger charge is -2.26. The molecule has 4 heteroatoms. The fraction of sp³-hybridized carbons (Fsp3) is 0.250. The number of nitrogens with two attached hydrogens (primary N) is 1. The molecule has 1 heterocycles. The van der Waals surface area contributed by atoms with Crippen molar-refractivity contribution in [1.82, 2.24) is 10.3 Å². The monoisotopic (exact) mass is 267 g/mol. The van der Waals surface area contributed by atoms with Gasteiger partial charge in [0.25, 0.3) is 5.91 Å². The molecule has 0 saturated carbocycles. The van der Waals surface area contributed by atoms with Gasteiger partial charge in [0.15, 0.2) is 0 Å². The zero-order chi connectivity index (χ0) is 13.9. The van der Waals surface area contributed by atoms with E-state index < -0.39 is 0 Å². The van der Waals surface area contributed by atoms with E-state index in [1.54, 1.807) is 18.3 Å². The lowest BCUT2D eigenvalue weighted by atomic mass is 9.87. The number of carbonyl (C=O) groups is 1. The summed E-state index contributed by atoms with van der Waals surface area (Å²) in [4.78, 5) is 16.3. The second-order valence-electron chi connectivity index (χ2n) is 5.05. The standard InChI is InChI=1S/C16H17N3O/c17-15-13(8-4-10-18-15)16(20)19-14-9-3-6-11-5-1-2-7-12(11)14/h1-2,4-5,7-8,10,14H,3,6,9H2,(H2,17,18)(H,19,20). The highest BCUT2D eigenvalue weighted by molar-refractivity contribution is 5.98. The molecule has 4 nitrogen and oxygen atoms in total. The number of hydrogen-bond acceptors (Lipinski definition) is 3. The molecule has 0 fully saturated rings. The molecule has 2 aromatic rings. The van der Waals surface area contributed by atoms with Crippen LogP contribution in [0.2, 0.25) is 0 Å². The molecule has 1 aromatic carbocycles. The van der Waals surface area contributed by atoms with Crippen LogP contribution in [0.5, 0.6) is 0 Å². The van der Waals surface area contributed by atoms with E-state index >= 15 is 0 Å². The lowest BCUT2D eigenvalue weighted by Crippen LogP contribution is -2.31. The van der Waals surface area contributed by atoms with Crippen molar-refractivity contribution in [2.45, 2.75) is 25.3 Å². The molecule has 0 aliphatic heterocycles. The smallest absolute Gasteiger partial charge is 0.255 e. The third-order valence-electron chi connectivity index (χ3n) is 3.76. The van der Waals surface area contributed by atoms with E-state index in [0.717, 1.165) is 19.3 Å². The van der Waals surface area contributed by atoms with Crippen LogP contribution in [0.25, 0.3) is 0 Å². The second-order valence-corrected chi connectivity index (χ2v) is 5.05. The van der Waals surface area contributed by atoms with Crippen LogP contribution >= 0.6 is 0 Å². The Kier molecular flexibility index (Phi) is 3.37. The molecule has 0 spiro atoms. The van der Waals surface area contributed by atoms with E-state index in [0.29, 0.717) is 5.56 Å². The first-order valence-electron chi connectivity index (χ1n) is 6.85. The van der Waals surface area contributed by atoms with Gasteiger partial charge in [-0.2, -0.15) is 0 Å². The van der Waals surface area contributed by atoms with Crippen LogP contribution in [0, 0.1) is 0 Å². The number of amides is 1. The van der Waals surface area contributed by atoms with Crippen molar-refractivity contribution in [2.75, 3.05) is 5.73 Å². The van der Waals surface area contributed by atoms with Gasteiger partial charge >= 0.3 is 0 Å². The molecule has 0 radical (unpaired) electrons. The molecule has 1 amide bonds. The predicted molar refractivity (Wildman–Crippen MR) is 78.2 cm³/mol. The first-order valence-corrected chi connectivity index (χ1v) is 6.85. The highest BCUT2D eigenvalue weighted by atomic mass is 16.1.